The molecule has 0 spiro atoms. The number of piperidine rings is 1. The Bertz CT molecular complexity index is 541. The first-order valence-corrected chi connectivity index (χ1v) is 7.92. The average molecular weight is 284 g/mol. The van der Waals surface area contributed by atoms with Crippen LogP contribution in [0.4, 0.5) is 5.95 Å². The van der Waals surface area contributed by atoms with Gasteiger partial charge in [0.1, 0.15) is 0 Å². The van der Waals surface area contributed by atoms with E-state index in [1.54, 1.807) is 0 Å². The van der Waals surface area contributed by atoms with Crippen LogP contribution < -0.4 is 5.32 Å². The second-order valence-electron chi connectivity index (χ2n) is 5.71. The van der Waals surface area contributed by atoms with Gasteiger partial charge < -0.3 is 10.2 Å². The Morgan fingerprint density at radius 1 is 1.19 bits per heavy atom. The van der Waals surface area contributed by atoms with E-state index in [1.165, 1.54) is 32.5 Å². The normalized spacial score (nSPS) is 17.0. The molecule has 1 aliphatic rings. The minimum Gasteiger partial charge on any atom is -0.355 e. The van der Waals surface area contributed by atoms with Gasteiger partial charge in [0.2, 0.25) is 5.95 Å². The predicted molar refractivity (Wildman–Crippen MR) is 86.9 cm³/mol. The van der Waals surface area contributed by atoms with Crippen molar-refractivity contribution in [2.75, 3.05) is 31.5 Å². The first-order chi connectivity index (χ1) is 10.4. The zero-order valence-corrected chi connectivity index (χ0v) is 12.7. The van der Waals surface area contributed by atoms with Crippen LogP contribution in [-0.2, 0) is 0 Å². The van der Waals surface area contributed by atoms with Crippen molar-refractivity contribution in [3.8, 4) is 5.69 Å². The molecule has 0 radical (unpaired) electrons. The Morgan fingerprint density at radius 3 is 2.67 bits per heavy atom. The van der Waals surface area contributed by atoms with Crippen molar-refractivity contribution in [2.24, 2.45) is 5.92 Å². The molecular formula is C17H24N4. The van der Waals surface area contributed by atoms with Gasteiger partial charge in [0, 0.05) is 24.6 Å². The van der Waals surface area contributed by atoms with E-state index in [4.69, 9.17) is 0 Å². The first-order valence-electron chi connectivity index (χ1n) is 7.92. The molecule has 1 aromatic carbocycles. The highest BCUT2D eigenvalue weighted by Crippen LogP contribution is 2.19. The Hall–Kier alpha value is -1.81. The molecule has 0 aliphatic carbocycles. The van der Waals surface area contributed by atoms with Gasteiger partial charge in [0.05, 0.1) is 0 Å². The molecule has 4 nitrogen and oxygen atoms in total. The predicted octanol–water partition coefficient (Wildman–Crippen LogP) is 3.02. The van der Waals surface area contributed by atoms with Crippen LogP contribution in [-0.4, -0.2) is 40.6 Å². The van der Waals surface area contributed by atoms with Crippen molar-refractivity contribution in [1.82, 2.24) is 14.5 Å². The van der Waals surface area contributed by atoms with Gasteiger partial charge in [-0.2, -0.15) is 0 Å². The van der Waals surface area contributed by atoms with E-state index < -0.39 is 0 Å². The number of nitrogens with one attached hydrogen (secondary N) is 1. The SMILES string of the molecule is CCN1CCC(CNc2nccn2-c2ccccc2)CC1. The third kappa shape index (κ3) is 3.45. The van der Waals surface area contributed by atoms with Gasteiger partial charge in [-0.25, -0.2) is 4.98 Å². The second kappa shape index (κ2) is 6.76. The van der Waals surface area contributed by atoms with E-state index in [-0.39, 0.29) is 0 Å². The van der Waals surface area contributed by atoms with E-state index in [0.29, 0.717) is 0 Å². The maximum Gasteiger partial charge on any atom is 0.207 e. The number of hydrogen-bond acceptors (Lipinski definition) is 3. The standard InChI is InChI=1S/C17H24N4/c1-2-20-11-8-15(9-12-20)14-19-17-18-10-13-21(17)16-6-4-3-5-7-16/h3-7,10,13,15H,2,8-9,11-12,14H2,1H3,(H,18,19). The molecule has 1 saturated heterocycles. The summed E-state index contributed by atoms with van der Waals surface area (Å²) >= 11 is 0. The number of anilines is 1. The molecule has 2 heterocycles. The van der Waals surface area contributed by atoms with Gasteiger partial charge in [-0.1, -0.05) is 25.1 Å². The monoisotopic (exact) mass is 284 g/mol. The van der Waals surface area contributed by atoms with Crippen LogP contribution in [0.2, 0.25) is 0 Å². The molecule has 1 fully saturated rings. The molecule has 0 atom stereocenters. The Balaban J connectivity index is 1.58. The van der Waals surface area contributed by atoms with Crippen LogP contribution in [0, 0.1) is 5.92 Å². The van der Waals surface area contributed by atoms with Crippen molar-refractivity contribution in [2.45, 2.75) is 19.8 Å². The number of rotatable bonds is 5. The van der Waals surface area contributed by atoms with Crippen LogP contribution in [0.5, 0.6) is 0 Å². The smallest absolute Gasteiger partial charge is 0.207 e. The van der Waals surface area contributed by atoms with Gasteiger partial charge in [0.25, 0.3) is 0 Å². The highest BCUT2D eigenvalue weighted by atomic mass is 15.2. The maximum absolute atomic E-state index is 4.45. The molecule has 0 unspecified atom stereocenters. The van der Waals surface area contributed by atoms with Crippen LogP contribution in [0.3, 0.4) is 0 Å². The van der Waals surface area contributed by atoms with Gasteiger partial charge in [-0.15, -0.1) is 0 Å². The quantitative estimate of drug-likeness (QED) is 0.916. The van der Waals surface area contributed by atoms with E-state index in [1.807, 2.05) is 18.5 Å². The summed E-state index contributed by atoms with van der Waals surface area (Å²) in [4.78, 5) is 6.98. The molecule has 2 aromatic rings. The number of aromatic nitrogens is 2. The van der Waals surface area contributed by atoms with E-state index in [2.05, 4.69) is 51.0 Å². The number of hydrogen-bond donors (Lipinski definition) is 1. The molecule has 4 heteroatoms. The summed E-state index contributed by atoms with van der Waals surface area (Å²) in [6, 6.07) is 10.4. The number of benzene rings is 1. The van der Waals surface area contributed by atoms with Crippen molar-refractivity contribution >= 4 is 5.95 Å². The van der Waals surface area contributed by atoms with E-state index >= 15 is 0 Å². The van der Waals surface area contributed by atoms with Crippen LogP contribution in [0.25, 0.3) is 5.69 Å². The summed E-state index contributed by atoms with van der Waals surface area (Å²) in [7, 11) is 0. The Morgan fingerprint density at radius 2 is 1.95 bits per heavy atom. The topological polar surface area (TPSA) is 33.1 Å². The molecule has 112 valence electrons. The number of nitrogens with zero attached hydrogens (tertiary/aromatic N) is 3. The maximum atomic E-state index is 4.45. The van der Waals surface area contributed by atoms with Crippen molar-refractivity contribution in [3.63, 3.8) is 0 Å². The molecule has 0 bridgehead atoms. The fraction of sp³-hybridized carbons (Fsp3) is 0.471. The van der Waals surface area contributed by atoms with Gasteiger partial charge >= 0.3 is 0 Å². The van der Waals surface area contributed by atoms with Gasteiger partial charge in [-0.3, -0.25) is 4.57 Å². The zero-order valence-electron chi connectivity index (χ0n) is 12.7. The minimum atomic E-state index is 0.758. The lowest BCUT2D eigenvalue weighted by molar-refractivity contribution is 0.198. The lowest BCUT2D eigenvalue weighted by Gasteiger charge is -2.31. The summed E-state index contributed by atoms with van der Waals surface area (Å²) < 4.78 is 2.11. The zero-order chi connectivity index (χ0) is 14.5. The molecule has 3 rings (SSSR count). The molecule has 1 aromatic heterocycles. The van der Waals surface area contributed by atoms with Crippen LogP contribution in [0.1, 0.15) is 19.8 Å². The van der Waals surface area contributed by atoms with Gasteiger partial charge in [0.15, 0.2) is 0 Å². The summed E-state index contributed by atoms with van der Waals surface area (Å²) in [5.41, 5.74) is 1.15. The fourth-order valence-electron chi connectivity index (χ4n) is 2.97. The molecule has 21 heavy (non-hydrogen) atoms. The van der Waals surface area contributed by atoms with E-state index in [9.17, 15) is 0 Å². The summed E-state index contributed by atoms with van der Waals surface area (Å²) in [5.74, 6) is 1.70. The average Bonchev–Trinajstić information content (AvgIpc) is 3.03. The number of imidazole rings is 1. The third-order valence-electron chi connectivity index (χ3n) is 4.38. The van der Waals surface area contributed by atoms with Crippen molar-refractivity contribution < 1.29 is 0 Å². The number of para-hydroxylation sites is 1. The fourth-order valence-corrected chi connectivity index (χ4v) is 2.97. The third-order valence-corrected chi connectivity index (χ3v) is 4.38. The van der Waals surface area contributed by atoms with Crippen LogP contribution >= 0.6 is 0 Å². The van der Waals surface area contributed by atoms with Crippen molar-refractivity contribution in [1.29, 1.82) is 0 Å². The summed E-state index contributed by atoms with van der Waals surface area (Å²) in [6.07, 6.45) is 6.44. The Kier molecular flexibility index (Phi) is 4.55. The summed E-state index contributed by atoms with van der Waals surface area (Å²) in [6.45, 7) is 6.90. The molecule has 1 N–H and O–H groups in total. The lowest BCUT2D eigenvalue weighted by atomic mass is 9.97. The largest absolute Gasteiger partial charge is 0.355 e. The van der Waals surface area contributed by atoms with Gasteiger partial charge in [-0.05, 0) is 50.5 Å². The highest BCUT2D eigenvalue weighted by Gasteiger charge is 2.18. The molecule has 1 aliphatic heterocycles. The Labute approximate surface area is 126 Å². The molecule has 0 saturated carbocycles. The van der Waals surface area contributed by atoms with Crippen molar-refractivity contribution in [3.05, 3.63) is 42.7 Å². The lowest BCUT2D eigenvalue weighted by Crippen LogP contribution is -2.35. The minimum absolute atomic E-state index is 0.758. The molecule has 0 amide bonds. The molecular weight excluding hydrogens is 260 g/mol. The first kappa shape index (κ1) is 14.1. The highest BCUT2D eigenvalue weighted by molar-refractivity contribution is 5.41. The van der Waals surface area contributed by atoms with Crippen LogP contribution in [0.15, 0.2) is 42.7 Å². The summed E-state index contributed by atoms with van der Waals surface area (Å²) in [5, 5.41) is 3.53. The second-order valence-corrected chi connectivity index (χ2v) is 5.71. The number of likely N-dealkylation sites (tertiary alicyclic amines) is 1. The van der Waals surface area contributed by atoms with E-state index in [0.717, 1.165) is 24.1 Å².